The van der Waals surface area contributed by atoms with Gasteiger partial charge >= 0.3 is 13.6 Å². The number of ether oxygens (including phenoxy) is 2. The van der Waals surface area contributed by atoms with Crippen molar-refractivity contribution in [1.29, 1.82) is 0 Å². The van der Waals surface area contributed by atoms with Gasteiger partial charge in [-0.15, -0.1) is 0 Å². The molecule has 7 nitrogen and oxygen atoms in total. The van der Waals surface area contributed by atoms with Crippen LogP contribution in [-0.2, 0) is 29.8 Å². The van der Waals surface area contributed by atoms with E-state index in [1.807, 2.05) is 0 Å². The van der Waals surface area contributed by atoms with E-state index in [2.05, 4.69) is 17.5 Å². The lowest BCUT2D eigenvalue weighted by atomic mass is 10.2. The molecule has 0 aliphatic heterocycles. The van der Waals surface area contributed by atoms with E-state index < -0.39 is 19.3 Å². The van der Waals surface area contributed by atoms with E-state index in [1.165, 1.54) is 14.2 Å². The number of methoxy groups -OCH3 is 1. The minimum atomic E-state index is -3.70. The van der Waals surface area contributed by atoms with E-state index in [-0.39, 0.29) is 6.61 Å². The summed E-state index contributed by atoms with van der Waals surface area (Å²) in [5.41, 5.74) is 1.81. The van der Waals surface area contributed by atoms with E-state index in [9.17, 15) is 9.36 Å². The van der Waals surface area contributed by atoms with Crippen LogP contribution < -0.4 is 10.1 Å². The first-order valence-electron chi connectivity index (χ1n) is 6.21. The average Bonchev–Trinajstić information content (AvgIpc) is 2.57. The molecule has 0 spiro atoms. The molecule has 0 radical (unpaired) electrons. The van der Waals surface area contributed by atoms with Gasteiger partial charge in [0.05, 0.1) is 12.6 Å². The van der Waals surface area contributed by atoms with Crippen molar-refractivity contribution >= 4 is 31.3 Å². The summed E-state index contributed by atoms with van der Waals surface area (Å²) in [7, 11) is 0.217. The van der Waals surface area contributed by atoms with E-state index >= 15 is 0 Å². The van der Waals surface area contributed by atoms with Crippen molar-refractivity contribution < 1.29 is 27.9 Å². The molecule has 0 saturated heterocycles. The molecule has 22 heavy (non-hydrogen) atoms. The first-order chi connectivity index (χ1) is 10.5. The predicted octanol–water partition coefficient (Wildman–Crippen LogP) is 2.10. The molecule has 1 aromatic carbocycles. The van der Waals surface area contributed by atoms with Gasteiger partial charge in [0, 0.05) is 14.2 Å². The molecular weight excluding hydrogens is 329 g/mol. The number of hydrogen-bond donors (Lipinski definition) is 1. The summed E-state index contributed by atoms with van der Waals surface area (Å²) < 4.78 is 32.0. The van der Waals surface area contributed by atoms with Crippen molar-refractivity contribution in [1.82, 2.24) is 5.32 Å². The molecule has 0 aliphatic rings. The minimum absolute atomic E-state index is 0.00582. The molecule has 1 atom stereocenters. The van der Waals surface area contributed by atoms with Gasteiger partial charge < -0.3 is 23.8 Å². The van der Waals surface area contributed by atoms with Crippen LogP contribution in [0.15, 0.2) is 24.3 Å². The van der Waals surface area contributed by atoms with Gasteiger partial charge in [-0.25, -0.2) is 4.79 Å². The predicted molar refractivity (Wildman–Crippen MR) is 85.0 cm³/mol. The maximum absolute atomic E-state index is 12.3. The second kappa shape index (κ2) is 8.85. The number of esters is 1. The quantitative estimate of drug-likeness (QED) is 0.413. The Hall–Kier alpha value is -1.47. The van der Waals surface area contributed by atoms with Crippen LogP contribution in [0, 0.1) is 0 Å². The second-order valence-corrected chi connectivity index (χ2v) is 6.61. The molecule has 0 aromatic heterocycles. The van der Waals surface area contributed by atoms with Crippen molar-refractivity contribution in [3.8, 4) is 5.75 Å². The van der Waals surface area contributed by atoms with Gasteiger partial charge in [0.2, 0.25) is 5.78 Å². The monoisotopic (exact) mass is 347 g/mol. The Morgan fingerprint density at radius 2 is 1.86 bits per heavy atom. The first-order valence-corrected chi connectivity index (χ1v) is 8.29. The number of carbonyl (C=O) groups excluding carboxylic acids is 1. The number of nitrogens with one attached hydrogen (secondary N) is 1. The number of carbonyl (C=O) groups is 1. The molecule has 0 aliphatic carbocycles. The fourth-order valence-corrected chi connectivity index (χ4v) is 2.99. The van der Waals surface area contributed by atoms with Gasteiger partial charge in [-0.1, -0.05) is 24.4 Å². The topological polar surface area (TPSA) is 83.1 Å². The highest BCUT2D eigenvalue weighted by atomic mass is 32.1. The molecule has 0 saturated carbocycles. The van der Waals surface area contributed by atoms with Crippen molar-refractivity contribution in [3.05, 3.63) is 29.8 Å². The van der Waals surface area contributed by atoms with Crippen LogP contribution in [0.4, 0.5) is 0 Å². The van der Waals surface area contributed by atoms with Crippen LogP contribution in [0.3, 0.4) is 0 Å². The first kappa shape index (κ1) is 18.6. The van der Waals surface area contributed by atoms with Crippen molar-refractivity contribution in [2.75, 3.05) is 21.3 Å². The Morgan fingerprint density at radius 1 is 1.27 bits per heavy atom. The van der Waals surface area contributed by atoms with Crippen LogP contribution in [0.1, 0.15) is 5.56 Å². The number of benzene rings is 1. The zero-order valence-corrected chi connectivity index (χ0v) is 14.2. The third kappa shape index (κ3) is 4.78. The molecule has 1 N–H and O–H groups in total. The second-order valence-electron chi connectivity index (χ2n) is 4.05. The van der Waals surface area contributed by atoms with Gasteiger partial charge in [0.15, 0.2) is 0 Å². The van der Waals surface area contributed by atoms with Crippen molar-refractivity contribution in [2.45, 2.75) is 12.4 Å². The summed E-state index contributed by atoms with van der Waals surface area (Å²) in [6.45, 7) is 0.00582. The highest BCUT2D eigenvalue weighted by Gasteiger charge is 2.40. The van der Waals surface area contributed by atoms with E-state index in [1.54, 1.807) is 31.4 Å². The molecule has 1 unspecified atom stereocenters. The summed E-state index contributed by atoms with van der Waals surface area (Å²) in [5, 5.41) is 2.46. The number of rotatable bonds is 9. The SMILES string of the molecule is COc1ccc(COC(=O)C(NC=S)P(=O)(OC)OC)cc1. The summed E-state index contributed by atoms with van der Waals surface area (Å²) in [5.74, 6) is -1.42. The van der Waals surface area contributed by atoms with Crippen LogP contribution in [-0.4, -0.2) is 38.6 Å². The molecular formula is C13H18NO6PS. The van der Waals surface area contributed by atoms with Gasteiger partial charge in [0.1, 0.15) is 12.4 Å². The Morgan fingerprint density at radius 3 is 2.32 bits per heavy atom. The molecule has 1 rings (SSSR count). The minimum Gasteiger partial charge on any atom is -0.497 e. The molecule has 9 heteroatoms. The van der Waals surface area contributed by atoms with E-state index in [0.29, 0.717) is 5.75 Å². The lowest BCUT2D eigenvalue weighted by molar-refractivity contribution is -0.145. The molecule has 0 bridgehead atoms. The summed E-state index contributed by atoms with van der Waals surface area (Å²) >= 11 is 4.63. The molecule has 1 aromatic rings. The van der Waals surface area contributed by atoms with E-state index in [0.717, 1.165) is 11.1 Å². The summed E-state index contributed by atoms with van der Waals surface area (Å²) in [6, 6.07) is 6.98. The van der Waals surface area contributed by atoms with Gasteiger partial charge in [-0.05, 0) is 17.7 Å². The van der Waals surface area contributed by atoms with Gasteiger partial charge in [-0.3, -0.25) is 4.57 Å². The fourth-order valence-electron chi connectivity index (χ4n) is 1.59. The van der Waals surface area contributed by atoms with Crippen LogP contribution in [0.2, 0.25) is 0 Å². The fraction of sp³-hybridized carbons (Fsp3) is 0.385. The van der Waals surface area contributed by atoms with Gasteiger partial charge in [0.25, 0.3) is 0 Å². The van der Waals surface area contributed by atoms with Crippen LogP contribution in [0.5, 0.6) is 5.75 Å². The van der Waals surface area contributed by atoms with Crippen LogP contribution in [0.25, 0.3) is 0 Å². The number of thiocarbonyl (C=S) groups is 1. The van der Waals surface area contributed by atoms with E-state index in [4.69, 9.17) is 18.5 Å². The lowest BCUT2D eigenvalue weighted by Crippen LogP contribution is -2.37. The van der Waals surface area contributed by atoms with Crippen LogP contribution >= 0.6 is 19.8 Å². The Kier molecular flexibility index (Phi) is 7.47. The Balaban J connectivity index is 2.74. The van der Waals surface area contributed by atoms with Gasteiger partial charge in [-0.2, -0.15) is 0 Å². The highest BCUT2D eigenvalue weighted by molar-refractivity contribution is 7.78. The zero-order chi connectivity index (χ0) is 16.6. The smallest absolute Gasteiger partial charge is 0.363 e. The standard InChI is InChI=1S/C13H18NO6PS/c1-17-11-6-4-10(5-7-11)8-20-13(15)12(14-9-22)21(16,18-2)19-3/h4-7,9,12H,8H2,1-3H3,(H,14,22). The largest absolute Gasteiger partial charge is 0.497 e. The molecule has 0 heterocycles. The molecule has 0 fully saturated rings. The maximum Gasteiger partial charge on any atom is 0.363 e. The number of hydrogen-bond acceptors (Lipinski definition) is 7. The Labute approximate surface area is 134 Å². The van der Waals surface area contributed by atoms with Crippen molar-refractivity contribution in [2.24, 2.45) is 0 Å². The molecule has 0 amide bonds. The maximum atomic E-state index is 12.3. The summed E-state index contributed by atoms with van der Waals surface area (Å²) in [4.78, 5) is 12.1. The lowest BCUT2D eigenvalue weighted by Gasteiger charge is -2.22. The Bertz CT molecular complexity index is 542. The third-order valence-corrected chi connectivity index (χ3v) is 4.96. The average molecular weight is 347 g/mol. The van der Waals surface area contributed by atoms with Crippen molar-refractivity contribution in [3.63, 3.8) is 0 Å². The normalized spacial score (nSPS) is 12.3. The molecule has 122 valence electrons. The third-order valence-electron chi connectivity index (χ3n) is 2.81. The zero-order valence-electron chi connectivity index (χ0n) is 12.5. The summed E-state index contributed by atoms with van der Waals surface area (Å²) in [6.07, 6.45) is 0. The highest BCUT2D eigenvalue weighted by Crippen LogP contribution is 2.50.